The van der Waals surface area contributed by atoms with E-state index < -0.39 is 0 Å². The second kappa shape index (κ2) is 8.70. The number of hydrogen-bond donors (Lipinski definition) is 1. The Morgan fingerprint density at radius 3 is 2.79 bits per heavy atom. The number of rotatable bonds is 5. The van der Waals surface area contributed by atoms with E-state index in [1.807, 2.05) is 46.7 Å². The third-order valence-electron chi connectivity index (χ3n) is 5.53. The normalized spacial score (nSPS) is 15.2. The van der Waals surface area contributed by atoms with Gasteiger partial charge in [-0.2, -0.15) is 10.4 Å². The van der Waals surface area contributed by atoms with Gasteiger partial charge in [-0.3, -0.25) is 9.48 Å². The van der Waals surface area contributed by atoms with Crippen molar-refractivity contribution in [3.63, 3.8) is 0 Å². The number of carbonyl (C=O) groups is 1. The van der Waals surface area contributed by atoms with Gasteiger partial charge >= 0.3 is 0 Å². The fourth-order valence-electron chi connectivity index (χ4n) is 3.95. The molecule has 0 unspecified atom stereocenters. The van der Waals surface area contributed by atoms with Crippen molar-refractivity contribution in [2.75, 3.05) is 11.9 Å². The lowest BCUT2D eigenvalue weighted by Gasteiger charge is -2.31. The van der Waals surface area contributed by atoms with E-state index in [1.54, 1.807) is 23.0 Å². The number of nitriles is 1. The summed E-state index contributed by atoms with van der Waals surface area (Å²) in [5.74, 6) is -0.0698. The number of carbonyl (C=O) groups excluding carboxylic acids is 1. The maximum Gasteiger partial charge on any atom is 0.272 e. The topological polar surface area (TPSA) is 86.8 Å². The van der Waals surface area contributed by atoms with Crippen LogP contribution in [0.3, 0.4) is 0 Å². The van der Waals surface area contributed by atoms with E-state index in [-0.39, 0.29) is 11.9 Å². The van der Waals surface area contributed by atoms with Crippen LogP contribution in [0.15, 0.2) is 60.1 Å². The van der Waals surface area contributed by atoms with E-state index >= 15 is 0 Å². The Hall–Kier alpha value is -3.67. The minimum Gasteiger partial charge on any atom is -0.331 e. The van der Waals surface area contributed by atoms with E-state index in [0.717, 1.165) is 21.9 Å². The van der Waals surface area contributed by atoms with Gasteiger partial charge in [-0.25, -0.2) is 4.98 Å². The Kier molecular flexibility index (Phi) is 5.58. The van der Waals surface area contributed by atoms with Crippen molar-refractivity contribution in [2.45, 2.75) is 19.5 Å². The van der Waals surface area contributed by atoms with Crippen LogP contribution in [0.2, 0.25) is 5.02 Å². The largest absolute Gasteiger partial charge is 0.331 e. The molecule has 164 valence electrons. The van der Waals surface area contributed by atoms with Crippen LogP contribution >= 0.6 is 22.9 Å². The first-order chi connectivity index (χ1) is 16.0. The van der Waals surface area contributed by atoms with Gasteiger partial charge in [-0.05, 0) is 48.9 Å². The summed E-state index contributed by atoms with van der Waals surface area (Å²) in [7, 11) is 0. The van der Waals surface area contributed by atoms with Crippen molar-refractivity contribution in [3.8, 4) is 17.3 Å². The summed E-state index contributed by atoms with van der Waals surface area (Å²) in [5, 5.41) is 20.3. The van der Waals surface area contributed by atoms with Gasteiger partial charge in [0.05, 0.1) is 29.1 Å². The molecule has 1 amide bonds. The van der Waals surface area contributed by atoms with E-state index in [0.29, 0.717) is 35.1 Å². The van der Waals surface area contributed by atoms with Gasteiger partial charge in [0.15, 0.2) is 5.13 Å². The molecule has 2 aromatic carbocycles. The molecule has 4 aromatic rings. The molecular weight excluding hydrogens is 456 g/mol. The van der Waals surface area contributed by atoms with Crippen LogP contribution in [0.25, 0.3) is 11.3 Å². The van der Waals surface area contributed by atoms with Crippen molar-refractivity contribution >= 4 is 39.7 Å². The molecule has 1 atom stereocenters. The second-order valence-electron chi connectivity index (χ2n) is 7.85. The van der Waals surface area contributed by atoms with Crippen molar-refractivity contribution in [2.24, 2.45) is 0 Å². The first-order valence-electron chi connectivity index (χ1n) is 10.4. The molecule has 0 radical (unpaired) electrons. The molecule has 33 heavy (non-hydrogen) atoms. The highest BCUT2D eigenvalue weighted by molar-refractivity contribution is 7.13. The fourth-order valence-corrected chi connectivity index (χ4v) is 4.66. The predicted octanol–water partition coefficient (Wildman–Crippen LogP) is 5.49. The number of anilines is 2. The molecule has 0 spiro atoms. The average Bonchev–Trinajstić information content (AvgIpc) is 3.49. The smallest absolute Gasteiger partial charge is 0.272 e. The average molecular weight is 475 g/mol. The van der Waals surface area contributed by atoms with Gasteiger partial charge in [0.1, 0.15) is 5.69 Å². The zero-order valence-corrected chi connectivity index (χ0v) is 19.3. The molecular formula is C24H19ClN6OS. The summed E-state index contributed by atoms with van der Waals surface area (Å²) in [6.45, 7) is 3.08. The number of nitrogens with one attached hydrogen (secondary N) is 1. The highest BCUT2D eigenvalue weighted by Gasteiger charge is 2.31. The molecule has 0 saturated heterocycles. The highest BCUT2D eigenvalue weighted by atomic mass is 35.5. The highest BCUT2D eigenvalue weighted by Crippen LogP contribution is 2.35. The van der Waals surface area contributed by atoms with Crippen molar-refractivity contribution in [1.29, 1.82) is 5.26 Å². The number of aromatic nitrogens is 3. The predicted molar refractivity (Wildman–Crippen MR) is 129 cm³/mol. The van der Waals surface area contributed by atoms with Gasteiger partial charge in [0.25, 0.3) is 5.91 Å². The minimum absolute atomic E-state index is 0.0208. The lowest BCUT2D eigenvalue weighted by molar-refractivity contribution is 0.0651. The first-order valence-corrected chi connectivity index (χ1v) is 11.6. The molecule has 2 aromatic heterocycles. The SMILES string of the molecule is C[C@H]1CN(Cc2ccc(C#N)cc2)C(=O)c2cc(-c3ccc(Cl)cc3Nc3nccs3)nn21. The Bertz CT molecular complexity index is 1360. The van der Waals surface area contributed by atoms with Crippen molar-refractivity contribution in [1.82, 2.24) is 19.7 Å². The van der Waals surface area contributed by atoms with Gasteiger partial charge < -0.3 is 10.2 Å². The van der Waals surface area contributed by atoms with Crippen LogP contribution < -0.4 is 5.32 Å². The molecule has 3 heterocycles. The summed E-state index contributed by atoms with van der Waals surface area (Å²) in [4.78, 5) is 19.4. The maximum atomic E-state index is 13.3. The van der Waals surface area contributed by atoms with Crippen LogP contribution in [0.1, 0.15) is 34.6 Å². The minimum atomic E-state index is -0.0698. The Balaban J connectivity index is 1.45. The van der Waals surface area contributed by atoms with E-state index in [2.05, 4.69) is 23.3 Å². The lowest BCUT2D eigenvalue weighted by Crippen LogP contribution is -2.41. The van der Waals surface area contributed by atoms with E-state index in [4.69, 9.17) is 22.0 Å². The van der Waals surface area contributed by atoms with Crippen LogP contribution in [0.5, 0.6) is 0 Å². The fraction of sp³-hybridized carbons (Fsp3) is 0.167. The summed E-state index contributed by atoms with van der Waals surface area (Å²) < 4.78 is 1.80. The number of fused-ring (bicyclic) bond motifs is 1. The van der Waals surface area contributed by atoms with Crippen molar-refractivity contribution in [3.05, 3.63) is 82.0 Å². The Morgan fingerprint density at radius 1 is 1.24 bits per heavy atom. The number of nitrogens with zero attached hydrogens (tertiary/aromatic N) is 5. The van der Waals surface area contributed by atoms with Crippen LogP contribution in [0.4, 0.5) is 10.8 Å². The van der Waals surface area contributed by atoms with E-state index in [9.17, 15) is 4.79 Å². The zero-order chi connectivity index (χ0) is 22.9. The Morgan fingerprint density at radius 2 is 2.06 bits per heavy atom. The molecule has 1 aliphatic rings. The quantitative estimate of drug-likeness (QED) is 0.413. The van der Waals surface area contributed by atoms with Crippen molar-refractivity contribution < 1.29 is 4.79 Å². The van der Waals surface area contributed by atoms with Gasteiger partial charge in [-0.1, -0.05) is 23.7 Å². The van der Waals surface area contributed by atoms with Gasteiger partial charge in [0, 0.05) is 35.3 Å². The molecule has 9 heteroatoms. The van der Waals surface area contributed by atoms with Crippen LogP contribution in [0, 0.1) is 11.3 Å². The molecule has 7 nitrogen and oxygen atoms in total. The third-order valence-corrected chi connectivity index (χ3v) is 6.46. The third kappa shape index (κ3) is 4.21. The number of amides is 1. The summed E-state index contributed by atoms with van der Waals surface area (Å²) >= 11 is 7.74. The number of hydrogen-bond acceptors (Lipinski definition) is 6. The number of halogens is 1. The summed E-state index contributed by atoms with van der Waals surface area (Å²) in [6.07, 6.45) is 1.73. The molecule has 1 aliphatic heterocycles. The lowest BCUT2D eigenvalue weighted by atomic mass is 10.1. The van der Waals surface area contributed by atoms with Crippen LogP contribution in [-0.2, 0) is 6.54 Å². The maximum absolute atomic E-state index is 13.3. The molecule has 1 N–H and O–H groups in total. The first kappa shape index (κ1) is 21.2. The van der Waals surface area contributed by atoms with E-state index in [1.165, 1.54) is 11.3 Å². The van der Waals surface area contributed by atoms with Gasteiger partial charge in [0.2, 0.25) is 0 Å². The molecule has 0 fully saturated rings. The number of thiazole rings is 1. The molecule has 0 aliphatic carbocycles. The zero-order valence-electron chi connectivity index (χ0n) is 17.7. The molecule has 0 bridgehead atoms. The summed E-state index contributed by atoms with van der Waals surface area (Å²) in [6, 6.07) is 16.8. The monoisotopic (exact) mass is 474 g/mol. The van der Waals surface area contributed by atoms with Gasteiger partial charge in [-0.15, -0.1) is 11.3 Å². The Labute approximate surface area is 199 Å². The second-order valence-corrected chi connectivity index (χ2v) is 9.19. The standard InChI is InChI=1S/C24H19ClN6OS/c1-15-13-30(14-17-4-2-16(12-26)3-5-17)23(32)22-11-21(29-31(15)22)19-7-6-18(25)10-20(19)28-24-27-8-9-33-24/h2-11,15H,13-14H2,1H3,(H,27,28)/t15-/m0/s1. The number of benzene rings is 2. The van der Waals surface area contributed by atoms with Crippen LogP contribution in [-0.4, -0.2) is 32.1 Å². The summed E-state index contributed by atoms with van der Waals surface area (Å²) in [5.41, 5.74) is 4.45. The molecule has 5 rings (SSSR count). The molecule has 0 saturated carbocycles.